The molecule has 2 unspecified atom stereocenters. The Hall–Kier alpha value is -0.880. The molecule has 6 heteroatoms. The summed E-state index contributed by atoms with van der Waals surface area (Å²) in [7, 11) is 3.51. The van der Waals surface area contributed by atoms with E-state index in [0.717, 1.165) is 15.8 Å². The molecule has 0 radical (unpaired) electrons. The summed E-state index contributed by atoms with van der Waals surface area (Å²) in [6.45, 7) is 2.22. The maximum Gasteiger partial charge on any atom is 0.265 e. The van der Waals surface area contributed by atoms with Crippen LogP contribution in [-0.4, -0.2) is 37.2 Å². The molecule has 20 heavy (non-hydrogen) atoms. The minimum absolute atomic E-state index is 0.0169. The third kappa shape index (κ3) is 3.06. The molecule has 1 heterocycles. The highest BCUT2D eigenvalue weighted by molar-refractivity contribution is 7.99. The van der Waals surface area contributed by atoms with Gasteiger partial charge in [0.25, 0.3) is 5.91 Å². The van der Waals surface area contributed by atoms with Gasteiger partial charge >= 0.3 is 0 Å². The van der Waals surface area contributed by atoms with Gasteiger partial charge in [0.1, 0.15) is 9.88 Å². The van der Waals surface area contributed by atoms with Gasteiger partial charge < -0.3 is 16.0 Å². The summed E-state index contributed by atoms with van der Waals surface area (Å²) in [5.74, 6) is 0.766. The molecule has 4 nitrogen and oxygen atoms in total. The zero-order valence-electron chi connectivity index (χ0n) is 12.5. The molecule has 2 rings (SSSR count). The van der Waals surface area contributed by atoms with Crippen molar-refractivity contribution in [1.29, 1.82) is 0 Å². The molecule has 3 N–H and O–H groups in total. The molecule has 1 aromatic heterocycles. The van der Waals surface area contributed by atoms with Gasteiger partial charge in [-0.3, -0.25) is 4.79 Å². The molecule has 1 aliphatic carbocycles. The van der Waals surface area contributed by atoms with Crippen LogP contribution in [0.4, 0.5) is 10.7 Å². The first-order valence-electron chi connectivity index (χ1n) is 6.94. The number of hydrogen-bond acceptors (Lipinski definition) is 5. The fraction of sp³-hybridized carbons (Fsp3) is 0.643. The third-order valence-corrected chi connectivity index (χ3v) is 5.69. The van der Waals surface area contributed by atoms with Crippen molar-refractivity contribution < 1.29 is 4.79 Å². The Labute approximate surface area is 129 Å². The number of nitrogens with zero attached hydrogens (tertiary/aromatic N) is 1. The lowest BCUT2D eigenvalue weighted by Gasteiger charge is -2.08. The van der Waals surface area contributed by atoms with Crippen molar-refractivity contribution in [3.8, 4) is 0 Å². The van der Waals surface area contributed by atoms with E-state index in [0.29, 0.717) is 16.6 Å². The van der Waals surface area contributed by atoms with Gasteiger partial charge in [0.05, 0.1) is 10.6 Å². The van der Waals surface area contributed by atoms with E-state index in [1.807, 2.05) is 6.26 Å². The zero-order chi connectivity index (χ0) is 14.9. The van der Waals surface area contributed by atoms with Crippen LogP contribution < -0.4 is 11.1 Å². The number of carbonyl (C=O) groups excluding carboxylic acids is 1. The molecule has 0 saturated heterocycles. The molecule has 0 aliphatic heterocycles. The van der Waals surface area contributed by atoms with Crippen LogP contribution in [-0.2, 0) is 0 Å². The number of nitrogens with one attached hydrogen (secondary N) is 1. The maximum atomic E-state index is 12.1. The number of nitrogen functional groups attached to an aromatic ring is 1. The van der Waals surface area contributed by atoms with Crippen LogP contribution in [0.25, 0.3) is 0 Å². The second kappa shape index (κ2) is 6.26. The molecule has 1 aromatic rings. The normalized spacial score (nSPS) is 20.8. The van der Waals surface area contributed by atoms with Gasteiger partial charge in [0.15, 0.2) is 0 Å². The van der Waals surface area contributed by atoms with Crippen LogP contribution in [0, 0.1) is 5.92 Å². The molecule has 0 bridgehead atoms. The fourth-order valence-corrected chi connectivity index (χ4v) is 4.48. The van der Waals surface area contributed by atoms with Gasteiger partial charge in [-0.15, -0.1) is 23.1 Å². The molecule has 1 fully saturated rings. The lowest BCUT2D eigenvalue weighted by molar-refractivity contribution is 0.0833. The van der Waals surface area contributed by atoms with Crippen molar-refractivity contribution in [3.63, 3.8) is 0 Å². The number of anilines is 2. The van der Waals surface area contributed by atoms with E-state index in [4.69, 9.17) is 5.73 Å². The summed E-state index contributed by atoms with van der Waals surface area (Å²) in [5, 5.41) is 4.63. The number of thioether (sulfide) groups is 1. The predicted molar refractivity (Wildman–Crippen MR) is 89.0 cm³/mol. The van der Waals surface area contributed by atoms with Gasteiger partial charge in [0, 0.05) is 20.1 Å². The Morgan fingerprint density at radius 2 is 2.25 bits per heavy atom. The summed E-state index contributed by atoms with van der Waals surface area (Å²) < 4.78 is 0. The van der Waals surface area contributed by atoms with Crippen molar-refractivity contribution in [1.82, 2.24) is 4.90 Å². The van der Waals surface area contributed by atoms with E-state index in [9.17, 15) is 4.79 Å². The van der Waals surface area contributed by atoms with Crippen LogP contribution >= 0.6 is 23.1 Å². The highest BCUT2D eigenvalue weighted by atomic mass is 32.2. The van der Waals surface area contributed by atoms with E-state index < -0.39 is 0 Å². The molecular formula is C14H23N3OS2. The standard InChI is InChI=1S/C14H23N3OS2/c1-5-6-8-7-9(8)16-13-11(19-4)10(15)12(20-13)14(18)17(2)3/h8-9,16H,5-7,15H2,1-4H3. The second-order valence-corrected chi connectivity index (χ2v) is 7.28. The number of amides is 1. The number of carbonyl (C=O) groups is 1. The highest BCUT2D eigenvalue weighted by Crippen LogP contribution is 2.46. The molecule has 0 aromatic carbocycles. The molecule has 0 spiro atoms. The topological polar surface area (TPSA) is 58.4 Å². The number of nitrogens with two attached hydrogens (primary N) is 1. The zero-order valence-corrected chi connectivity index (χ0v) is 14.2. The van der Waals surface area contributed by atoms with Crippen LogP contribution in [0.3, 0.4) is 0 Å². The van der Waals surface area contributed by atoms with Crippen LogP contribution in [0.15, 0.2) is 4.90 Å². The van der Waals surface area contributed by atoms with Crippen LogP contribution in [0.5, 0.6) is 0 Å². The summed E-state index contributed by atoms with van der Waals surface area (Å²) in [4.78, 5) is 15.4. The molecule has 112 valence electrons. The first-order valence-corrected chi connectivity index (χ1v) is 8.98. The lowest BCUT2D eigenvalue weighted by atomic mass is 10.2. The van der Waals surface area contributed by atoms with Crippen molar-refractivity contribution in [2.24, 2.45) is 5.92 Å². The Morgan fingerprint density at radius 3 is 2.80 bits per heavy atom. The van der Waals surface area contributed by atoms with Gasteiger partial charge in [-0.1, -0.05) is 13.3 Å². The van der Waals surface area contributed by atoms with Crippen molar-refractivity contribution >= 4 is 39.7 Å². The fourth-order valence-electron chi connectivity index (χ4n) is 2.37. The van der Waals surface area contributed by atoms with E-state index in [1.165, 1.54) is 30.6 Å². The summed E-state index contributed by atoms with van der Waals surface area (Å²) in [6, 6.07) is 0.557. The molecule has 2 atom stereocenters. The van der Waals surface area contributed by atoms with E-state index in [1.54, 1.807) is 30.8 Å². The van der Waals surface area contributed by atoms with E-state index >= 15 is 0 Å². The van der Waals surface area contributed by atoms with Gasteiger partial charge in [-0.05, 0) is 25.0 Å². The SMILES string of the molecule is CCCC1CC1Nc1sc(C(=O)N(C)C)c(N)c1SC. The van der Waals surface area contributed by atoms with Crippen LogP contribution in [0.1, 0.15) is 35.9 Å². The first-order chi connectivity index (χ1) is 9.49. The van der Waals surface area contributed by atoms with Gasteiger partial charge in [0.2, 0.25) is 0 Å². The number of thiophene rings is 1. The van der Waals surface area contributed by atoms with E-state index in [-0.39, 0.29) is 5.91 Å². The van der Waals surface area contributed by atoms with Crippen molar-refractivity contribution in [2.75, 3.05) is 31.4 Å². The Morgan fingerprint density at radius 1 is 1.55 bits per heavy atom. The number of hydrogen-bond donors (Lipinski definition) is 2. The lowest BCUT2D eigenvalue weighted by Crippen LogP contribution is -2.21. The quantitative estimate of drug-likeness (QED) is 0.791. The largest absolute Gasteiger partial charge is 0.396 e. The minimum Gasteiger partial charge on any atom is -0.396 e. The highest BCUT2D eigenvalue weighted by Gasteiger charge is 2.37. The second-order valence-electron chi connectivity index (χ2n) is 5.44. The predicted octanol–water partition coefficient (Wildman–Crippen LogP) is 3.35. The smallest absolute Gasteiger partial charge is 0.265 e. The Balaban J connectivity index is 2.17. The van der Waals surface area contributed by atoms with Crippen molar-refractivity contribution in [2.45, 2.75) is 37.1 Å². The average Bonchev–Trinajstić information content (AvgIpc) is 3.04. The van der Waals surface area contributed by atoms with E-state index in [2.05, 4.69) is 12.2 Å². The monoisotopic (exact) mass is 313 g/mol. The van der Waals surface area contributed by atoms with Crippen molar-refractivity contribution in [3.05, 3.63) is 4.88 Å². The molecule has 1 amide bonds. The maximum absolute atomic E-state index is 12.1. The summed E-state index contributed by atoms with van der Waals surface area (Å²) in [5.41, 5.74) is 6.77. The van der Waals surface area contributed by atoms with Gasteiger partial charge in [-0.25, -0.2) is 0 Å². The minimum atomic E-state index is -0.0169. The Kier molecular flexibility index (Phi) is 4.86. The molecular weight excluding hydrogens is 290 g/mol. The third-order valence-electron chi connectivity index (χ3n) is 3.60. The molecule has 1 aliphatic rings. The summed E-state index contributed by atoms with van der Waals surface area (Å²) in [6.07, 6.45) is 5.74. The summed E-state index contributed by atoms with van der Waals surface area (Å²) >= 11 is 3.10. The molecule has 1 saturated carbocycles. The number of rotatable bonds is 6. The van der Waals surface area contributed by atoms with Crippen LogP contribution in [0.2, 0.25) is 0 Å². The van der Waals surface area contributed by atoms with Gasteiger partial charge in [-0.2, -0.15) is 0 Å². The average molecular weight is 313 g/mol. The Bertz CT molecular complexity index is 499. The first kappa shape index (κ1) is 15.5.